The van der Waals surface area contributed by atoms with E-state index >= 15 is 0 Å². The number of likely N-dealkylation sites (N-methyl/N-ethyl adjacent to an activating group) is 1. The van der Waals surface area contributed by atoms with Gasteiger partial charge >= 0.3 is 0 Å². The molecule has 15 heavy (non-hydrogen) atoms. The van der Waals surface area contributed by atoms with E-state index in [1.807, 2.05) is 0 Å². The minimum atomic E-state index is 0.702. The third-order valence-corrected chi connectivity index (χ3v) is 3.62. The highest BCUT2D eigenvalue weighted by molar-refractivity contribution is 5.15. The van der Waals surface area contributed by atoms with Gasteiger partial charge in [0, 0.05) is 24.0 Å². The highest BCUT2D eigenvalue weighted by Gasteiger charge is 2.21. The number of aromatic nitrogens is 1. The van der Waals surface area contributed by atoms with E-state index in [2.05, 4.69) is 42.4 Å². The van der Waals surface area contributed by atoms with Crippen LogP contribution in [-0.2, 0) is 0 Å². The van der Waals surface area contributed by atoms with E-state index in [9.17, 15) is 0 Å². The summed E-state index contributed by atoms with van der Waals surface area (Å²) in [7, 11) is 0. The van der Waals surface area contributed by atoms with Gasteiger partial charge in [-0.1, -0.05) is 6.92 Å². The Bertz CT molecular complexity index is 308. The predicted molar refractivity (Wildman–Crippen MR) is 64.3 cm³/mol. The van der Waals surface area contributed by atoms with E-state index in [1.165, 1.54) is 43.9 Å². The van der Waals surface area contributed by atoms with E-state index < -0.39 is 0 Å². The van der Waals surface area contributed by atoms with Crippen molar-refractivity contribution in [3.05, 3.63) is 23.5 Å². The van der Waals surface area contributed by atoms with Gasteiger partial charge in [0.25, 0.3) is 0 Å². The van der Waals surface area contributed by atoms with Crippen LogP contribution in [-0.4, -0.2) is 29.1 Å². The summed E-state index contributed by atoms with van der Waals surface area (Å²) in [5.41, 5.74) is 2.82. The van der Waals surface area contributed by atoms with Crippen molar-refractivity contribution in [2.75, 3.05) is 19.6 Å². The number of nitrogens with zero attached hydrogens (tertiary/aromatic N) is 2. The van der Waals surface area contributed by atoms with Gasteiger partial charge in [0.1, 0.15) is 0 Å². The Morgan fingerprint density at radius 3 is 2.53 bits per heavy atom. The molecule has 1 aromatic rings. The molecule has 0 N–H and O–H groups in total. The van der Waals surface area contributed by atoms with E-state index in [1.54, 1.807) is 0 Å². The van der Waals surface area contributed by atoms with Crippen LogP contribution in [0.2, 0.25) is 0 Å². The maximum Gasteiger partial charge on any atom is 0.0463 e. The molecule has 2 nitrogen and oxygen atoms in total. The van der Waals surface area contributed by atoms with Gasteiger partial charge in [-0.15, -0.1) is 0 Å². The average Bonchev–Trinajstić information content (AvgIpc) is 2.59. The second kappa shape index (κ2) is 4.40. The molecule has 1 aliphatic heterocycles. The van der Waals surface area contributed by atoms with Crippen molar-refractivity contribution < 1.29 is 0 Å². The third-order valence-electron chi connectivity index (χ3n) is 3.62. The van der Waals surface area contributed by atoms with Crippen LogP contribution in [0.3, 0.4) is 0 Å². The molecule has 1 aliphatic rings. The summed E-state index contributed by atoms with van der Waals surface area (Å²) in [5.74, 6) is 0. The fourth-order valence-corrected chi connectivity index (χ4v) is 2.79. The van der Waals surface area contributed by atoms with Crippen molar-refractivity contribution in [3.8, 4) is 0 Å². The van der Waals surface area contributed by atoms with Gasteiger partial charge in [-0.25, -0.2) is 0 Å². The quantitative estimate of drug-likeness (QED) is 0.722. The van der Waals surface area contributed by atoms with E-state index in [0.29, 0.717) is 6.04 Å². The van der Waals surface area contributed by atoms with Crippen LogP contribution < -0.4 is 0 Å². The molecule has 0 spiro atoms. The lowest BCUT2D eigenvalue weighted by atomic mass is 10.1. The first-order valence-electron chi connectivity index (χ1n) is 6.09. The zero-order valence-electron chi connectivity index (χ0n) is 10.2. The number of piperidine rings is 1. The van der Waals surface area contributed by atoms with Crippen molar-refractivity contribution in [2.45, 2.75) is 39.7 Å². The topological polar surface area (TPSA) is 8.17 Å². The van der Waals surface area contributed by atoms with Crippen LogP contribution in [0.5, 0.6) is 0 Å². The Morgan fingerprint density at radius 2 is 1.93 bits per heavy atom. The van der Waals surface area contributed by atoms with Crippen LogP contribution in [0.4, 0.5) is 0 Å². The summed E-state index contributed by atoms with van der Waals surface area (Å²) in [6.45, 7) is 10.4. The first-order valence-corrected chi connectivity index (χ1v) is 6.09. The molecule has 1 unspecified atom stereocenters. The number of hydrogen-bond acceptors (Lipinski definition) is 1. The molecule has 1 fully saturated rings. The van der Waals surface area contributed by atoms with Crippen LogP contribution in [0, 0.1) is 13.8 Å². The predicted octanol–water partition coefficient (Wildman–Crippen LogP) is 2.76. The fourth-order valence-electron chi connectivity index (χ4n) is 2.79. The van der Waals surface area contributed by atoms with Crippen LogP contribution in [0.1, 0.15) is 37.2 Å². The molecule has 1 saturated heterocycles. The number of likely N-dealkylation sites (tertiary alicyclic amines) is 1. The fraction of sp³-hybridized carbons (Fsp3) is 0.692. The first kappa shape index (κ1) is 10.7. The molecule has 2 rings (SSSR count). The molecule has 84 valence electrons. The Hall–Kier alpha value is -0.760. The monoisotopic (exact) mass is 206 g/mol. The maximum atomic E-state index is 2.56. The highest BCUT2D eigenvalue weighted by Crippen LogP contribution is 2.25. The lowest BCUT2D eigenvalue weighted by Crippen LogP contribution is -2.36. The van der Waals surface area contributed by atoms with Gasteiger partial charge in [0.05, 0.1) is 0 Å². The SMILES string of the molecule is CCN1CCCC(n2c(C)ccc2C)C1. The van der Waals surface area contributed by atoms with Gasteiger partial charge in [0.15, 0.2) is 0 Å². The molecule has 0 amide bonds. The second-order valence-electron chi connectivity index (χ2n) is 4.68. The Kier molecular flexibility index (Phi) is 3.15. The average molecular weight is 206 g/mol. The van der Waals surface area contributed by atoms with E-state index in [-0.39, 0.29) is 0 Å². The van der Waals surface area contributed by atoms with Crippen LogP contribution in [0.25, 0.3) is 0 Å². The summed E-state index contributed by atoms with van der Waals surface area (Å²) in [4.78, 5) is 2.56. The molecule has 0 aromatic carbocycles. The largest absolute Gasteiger partial charge is 0.345 e. The second-order valence-corrected chi connectivity index (χ2v) is 4.68. The highest BCUT2D eigenvalue weighted by atomic mass is 15.2. The van der Waals surface area contributed by atoms with Crippen molar-refractivity contribution in [1.29, 1.82) is 0 Å². The van der Waals surface area contributed by atoms with Crippen LogP contribution >= 0.6 is 0 Å². The first-order chi connectivity index (χ1) is 7.22. The molecule has 0 radical (unpaired) electrons. The van der Waals surface area contributed by atoms with Crippen LogP contribution in [0.15, 0.2) is 12.1 Å². The molecule has 2 heteroatoms. The molecular weight excluding hydrogens is 184 g/mol. The smallest absolute Gasteiger partial charge is 0.0463 e. The molecular formula is C13H22N2. The van der Waals surface area contributed by atoms with E-state index in [4.69, 9.17) is 0 Å². The Balaban J connectivity index is 2.16. The van der Waals surface area contributed by atoms with Crippen molar-refractivity contribution in [1.82, 2.24) is 9.47 Å². The molecule has 1 aromatic heterocycles. The van der Waals surface area contributed by atoms with Gasteiger partial charge < -0.3 is 9.47 Å². The van der Waals surface area contributed by atoms with Gasteiger partial charge in [-0.3, -0.25) is 0 Å². The number of aryl methyl sites for hydroxylation is 2. The molecule has 0 saturated carbocycles. The number of rotatable bonds is 2. The third kappa shape index (κ3) is 2.10. The van der Waals surface area contributed by atoms with Gasteiger partial charge in [0.2, 0.25) is 0 Å². The minimum absolute atomic E-state index is 0.702. The Labute approximate surface area is 92.9 Å². The summed E-state index contributed by atoms with van der Waals surface area (Å²) >= 11 is 0. The molecule has 2 heterocycles. The lowest BCUT2D eigenvalue weighted by molar-refractivity contribution is 0.183. The summed E-state index contributed by atoms with van der Waals surface area (Å²) < 4.78 is 2.52. The van der Waals surface area contributed by atoms with Gasteiger partial charge in [-0.2, -0.15) is 0 Å². The standard InChI is InChI=1S/C13H22N2/c1-4-14-9-5-6-13(10-14)15-11(2)7-8-12(15)3/h7-8,13H,4-6,9-10H2,1-3H3. The number of hydrogen-bond donors (Lipinski definition) is 0. The minimum Gasteiger partial charge on any atom is -0.345 e. The van der Waals surface area contributed by atoms with Crippen molar-refractivity contribution in [3.63, 3.8) is 0 Å². The van der Waals surface area contributed by atoms with Crippen molar-refractivity contribution in [2.24, 2.45) is 0 Å². The Morgan fingerprint density at radius 1 is 1.27 bits per heavy atom. The molecule has 0 bridgehead atoms. The lowest BCUT2D eigenvalue weighted by Gasteiger charge is -2.34. The zero-order valence-corrected chi connectivity index (χ0v) is 10.2. The summed E-state index contributed by atoms with van der Waals surface area (Å²) in [6.07, 6.45) is 2.68. The molecule has 1 atom stereocenters. The summed E-state index contributed by atoms with van der Waals surface area (Å²) in [6, 6.07) is 5.18. The zero-order chi connectivity index (χ0) is 10.8. The molecule has 0 aliphatic carbocycles. The van der Waals surface area contributed by atoms with E-state index in [0.717, 1.165) is 0 Å². The summed E-state index contributed by atoms with van der Waals surface area (Å²) in [5, 5.41) is 0. The normalized spacial score (nSPS) is 23.3. The van der Waals surface area contributed by atoms with Gasteiger partial charge in [-0.05, 0) is 51.9 Å². The maximum absolute atomic E-state index is 2.56. The van der Waals surface area contributed by atoms with Crippen molar-refractivity contribution >= 4 is 0 Å².